The first-order valence-corrected chi connectivity index (χ1v) is 10.8. The molecule has 0 aliphatic carbocycles. The summed E-state index contributed by atoms with van der Waals surface area (Å²) in [5.74, 6) is 1.13. The zero-order chi connectivity index (χ0) is 22.3. The van der Waals surface area contributed by atoms with Gasteiger partial charge in [-0.3, -0.25) is 9.48 Å². The van der Waals surface area contributed by atoms with E-state index in [9.17, 15) is 4.79 Å². The lowest BCUT2D eigenvalue weighted by atomic mass is 10.0. The molecule has 0 aliphatic heterocycles. The molecule has 5 heteroatoms. The van der Waals surface area contributed by atoms with Crippen molar-refractivity contribution in [2.75, 3.05) is 5.32 Å². The number of aromatic nitrogens is 2. The average Bonchev–Trinajstić information content (AvgIpc) is 3.25. The summed E-state index contributed by atoms with van der Waals surface area (Å²) >= 11 is 0. The minimum Gasteiger partial charge on any atom is -0.489 e. The van der Waals surface area contributed by atoms with Crippen LogP contribution in [0.1, 0.15) is 46.8 Å². The topological polar surface area (TPSA) is 56.1 Å². The number of nitrogens with zero attached hydrogens (tertiary/aromatic N) is 2. The molecule has 1 N–H and O–H groups in total. The number of anilines is 1. The molecular weight excluding hydrogens is 398 g/mol. The summed E-state index contributed by atoms with van der Waals surface area (Å²) in [6.45, 7) is 5.39. The smallest absolute Gasteiger partial charge is 0.255 e. The Morgan fingerprint density at radius 2 is 1.72 bits per heavy atom. The molecule has 3 aromatic carbocycles. The van der Waals surface area contributed by atoms with Crippen molar-refractivity contribution in [1.29, 1.82) is 0 Å². The van der Waals surface area contributed by atoms with Crippen LogP contribution in [0, 0.1) is 0 Å². The molecule has 162 valence electrons. The average molecular weight is 426 g/mol. The molecule has 4 rings (SSSR count). The van der Waals surface area contributed by atoms with E-state index in [2.05, 4.69) is 36.4 Å². The Hall–Kier alpha value is -3.86. The SMILES string of the molecule is CC(C)c1ccc(OCc2cccc(C(=O)Nc3cnn(Cc4ccccc4)c3)c2)cc1. The van der Waals surface area contributed by atoms with E-state index in [1.54, 1.807) is 16.9 Å². The Morgan fingerprint density at radius 1 is 0.969 bits per heavy atom. The van der Waals surface area contributed by atoms with Crippen LogP contribution < -0.4 is 10.1 Å². The molecule has 0 saturated carbocycles. The lowest BCUT2D eigenvalue weighted by Crippen LogP contribution is -2.12. The van der Waals surface area contributed by atoms with Gasteiger partial charge in [0.25, 0.3) is 5.91 Å². The molecule has 0 radical (unpaired) electrons. The minimum absolute atomic E-state index is 0.174. The number of ether oxygens (including phenoxy) is 1. The van der Waals surface area contributed by atoms with E-state index < -0.39 is 0 Å². The van der Waals surface area contributed by atoms with E-state index in [1.807, 2.05) is 66.9 Å². The molecule has 4 aromatic rings. The first-order chi connectivity index (χ1) is 15.6. The Bertz CT molecular complexity index is 1170. The summed E-state index contributed by atoms with van der Waals surface area (Å²) in [5.41, 5.74) is 4.61. The molecule has 0 unspecified atom stereocenters. The summed E-state index contributed by atoms with van der Waals surface area (Å²) in [6, 6.07) is 25.7. The summed E-state index contributed by atoms with van der Waals surface area (Å²) in [5, 5.41) is 7.26. The van der Waals surface area contributed by atoms with Crippen LogP contribution in [-0.4, -0.2) is 15.7 Å². The number of rotatable bonds is 8. The van der Waals surface area contributed by atoms with Crippen LogP contribution in [0.5, 0.6) is 5.75 Å². The van der Waals surface area contributed by atoms with E-state index in [-0.39, 0.29) is 5.91 Å². The monoisotopic (exact) mass is 425 g/mol. The van der Waals surface area contributed by atoms with Crippen LogP contribution in [0.15, 0.2) is 91.3 Å². The van der Waals surface area contributed by atoms with Gasteiger partial charge in [0.1, 0.15) is 12.4 Å². The molecule has 0 saturated heterocycles. The second-order valence-corrected chi connectivity index (χ2v) is 8.08. The molecule has 1 heterocycles. The van der Waals surface area contributed by atoms with Gasteiger partial charge in [-0.05, 0) is 46.9 Å². The molecule has 32 heavy (non-hydrogen) atoms. The fourth-order valence-electron chi connectivity index (χ4n) is 3.41. The highest BCUT2D eigenvalue weighted by Gasteiger charge is 2.09. The third-order valence-corrected chi connectivity index (χ3v) is 5.22. The Labute approximate surface area is 188 Å². The van der Waals surface area contributed by atoms with E-state index in [0.29, 0.717) is 30.3 Å². The lowest BCUT2D eigenvalue weighted by molar-refractivity contribution is 0.102. The molecule has 0 atom stereocenters. The highest BCUT2D eigenvalue weighted by molar-refractivity contribution is 6.04. The first-order valence-electron chi connectivity index (χ1n) is 10.8. The highest BCUT2D eigenvalue weighted by Crippen LogP contribution is 2.20. The summed E-state index contributed by atoms with van der Waals surface area (Å²) in [4.78, 5) is 12.7. The maximum absolute atomic E-state index is 12.7. The third kappa shape index (κ3) is 5.64. The normalized spacial score (nSPS) is 10.8. The number of nitrogens with one attached hydrogen (secondary N) is 1. The van der Waals surface area contributed by atoms with Crippen LogP contribution in [0.2, 0.25) is 0 Å². The van der Waals surface area contributed by atoms with Crippen LogP contribution in [0.25, 0.3) is 0 Å². The Kier molecular flexibility index (Phi) is 6.66. The zero-order valence-electron chi connectivity index (χ0n) is 18.4. The van der Waals surface area contributed by atoms with Gasteiger partial charge in [0.15, 0.2) is 0 Å². The second kappa shape index (κ2) is 9.96. The molecule has 5 nitrogen and oxygen atoms in total. The number of carbonyl (C=O) groups is 1. The second-order valence-electron chi connectivity index (χ2n) is 8.08. The van der Waals surface area contributed by atoms with Crippen LogP contribution in [0.3, 0.4) is 0 Å². The van der Waals surface area contributed by atoms with Crippen molar-refractivity contribution in [2.24, 2.45) is 0 Å². The van der Waals surface area contributed by atoms with E-state index in [0.717, 1.165) is 16.9 Å². The van der Waals surface area contributed by atoms with Gasteiger partial charge < -0.3 is 10.1 Å². The van der Waals surface area contributed by atoms with E-state index in [1.165, 1.54) is 5.56 Å². The standard InChI is InChI=1S/C27H27N3O2/c1-20(2)23-11-13-26(14-12-23)32-19-22-9-6-10-24(15-22)27(31)29-25-16-28-30(18-25)17-21-7-4-3-5-8-21/h3-16,18,20H,17,19H2,1-2H3,(H,29,31). The predicted molar refractivity (Wildman–Crippen MR) is 127 cm³/mol. The van der Waals surface area contributed by atoms with Crippen LogP contribution >= 0.6 is 0 Å². The Morgan fingerprint density at radius 3 is 2.47 bits per heavy atom. The molecule has 0 bridgehead atoms. The highest BCUT2D eigenvalue weighted by atomic mass is 16.5. The molecule has 1 aromatic heterocycles. The molecule has 0 spiro atoms. The largest absolute Gasteiger partial charge is 0.489 e. The minimum atomic E-state index is -0.174. The number of amides is 1. The van der Waals surface area contributed by atoms with Gasteiger partial charge in [-0.2, -0.15) is 5.10 Å². The lowest BCUT2D eigenvalue weighted by Gasteiger charge is -2.10. The van der Waals surface area contributed by atoms with Crippen molar-refractivity contribution < 1.29 is 9.53 Å². The van der Waals surface area contributed by atoms with Gasteiger partial charge in [0.2, 0.25) is 0 Å². The maximum atomic E-state index is 12.7. The number of hydrogen-bond donors (Lipinski definition) is 1. The van der Waals surface area contributed by atoms with Crippen molar-refractivity contribution in [1.82, 2.24) is 9.78 Å². The fraction of sp³-hybridized carbons (Fsp3) is 0.185. The van der Waals surface area contributed by atoms with Gasteiger partial charge in [-0.25, -0.2) is 0 Å². The van der Waals surface area contributed by atoms with Crippen molar-refractivity contribution in [3.63, 3.8) is 0 Å². The molecule has 0 aliphatic rings. The van der Waals surface area contributed by atoms with Gasteiger partial charge in [-0.15, -0.1) is 0 Å². The molecular formula is C27H27N3O2. The summed E-state index contributed by atoms with van der Waals surface area (Å²) in [6.07, 6.45) is 3.49. The zero-order valence-corrected chi connectivity index (χ0v) is 18.4. The maximum Gasteiger partial charge on any atom is 0.255 e. The van der Waals surface area contributed by atoms with Crippen molar-refractivity contribution >= 4 is 11.6 Å². The Balaban J connectivity index is 1.35. The van der Waals surface area contributed by atoms with Crippen LogP contribution in [-0.2, 0) is 13.2 Å². The number of benzene rings is 3. The molecule has 1 amide bonds. The summed E-state index contributed by atoms with van der Waals surface area (Å²) in [7, 11) is 0. The predicted octanol–water partition coefficient (Wildman–Crippen LogP) is 5.89. The number of carbonyl (C=O) groups excluding carboxylic acids is 1. The third-order valence-electron chi connectivity index (χ3n) is 5.22. The quantitative estimate of drug-likeness (QED) is 0.383. The summed E-state index contributed by atoms with van der Waals surface area (Å²) < 4.78 is 7.70. The van der Waals surface area contributed by atoms with E-state index in [4.69, 9.17) is 4.74 Å². The molecule has 0 fully saturated rings. The van der Waals surface area contributed by atoms with Gasteiger partial charge >= 0.3 is 0 Å². The van der Waals surface area contributed by atoms with Gasteiger partial charge in [0.05, 0.1) is 18.4 Å². The van der Waals surface area contributed by atoms with Gasteiger partial charge in [0, 0.05) is 11.8 Å². The van der Waals surface area contributed by atoms with E-state index >= 15 is 0 Å². The van der Waals surface area contributed by atoms with Gasteiger partial charge in [-0.1, -0.05) is 68.4 Å². The van der Waals surface area contributed by atoms with Crippen molar-refractivity contribution in [2.45, 2.75) is 32.9 Å². The first kappa shape index (κ1) is 21.4. The van der Waals surface area contributed by atoms with Crippen LogP contribution in [0.4, 0.5) is 5.69 Å². The van der Waals surface area contributed by atoms with Crippen molar-refractivity contribution in [3.8, 4) is 5.75 Å². The van der Waals surface area contributed by atoms with Crippen molar-refractivity contribution in [3.05, 3.63) is 114 Å². The fourth-order valence-corrected chi connectivity index (χ4v) is 3.41. The number of hydrogen-bond acceptors (Lipinski definition) is 3.